The molecule has 136 valence electrons. The normalized spacial score (nSPS) is 16.6. The van der Waals surface area contributed by atoms with E-state index in [4.69, 9.17) is 4.74 Å². The number of nitrogens with one attached hydrogen (secondary N) is 1. The zero-order valence-electron chi connectivity index (χ0n) is 14.4. The summed E-state index contributed by atoms with van der Waals surface area (Å²) in [4.78, 5) is 25.8. The first-order valence-corrected chi connectivity index (χ1v) is 8.57. The molecule has 1 aliphatic heterocycles. The summed E-state index contributed by atoms with van der Waals surface area (Å²) in [5.41, 5.74) is 0.890. The molecular formula is C20H21FN2O3. The minimum atomic E-state index is -0.292. The summed E-state index contributed by atoms with van der Waals surface area (Å²) in [7, 11) is 0. The lowest BCUT2D eigenvalue weighted by Crippen LogP contribution is -2.34. The van der Waals surface area contributed by atoms with E-state index in [0.29, 0.717) is 31.8 Å². The highest BCUT2D eigenvalue weighted by Crippen LogP contribution is 2.20. The molecule has 2 aromatic rings. The molecule has 1 heterocycles. The molecule has 0 radical (unpaired) electrons. The summed E-state index contributed by atoms with van der Waals surface area (Å²) < 4.78 is 18.3. The third-order valence-corrected chi connectivity index (χ3v) is 4.28. The standard InChI is InChI=1S/C20H21FN2O3/c21-17-8-6-15(7-9-17)12-23-13-16(10-20(23)25)11-22-19(24)14-26-18-4-2-1-3-5-18/h1-9,16H,10-14H2,(H,22,24)/t16-/m1/s1. The van der Waals surface area contributed by atoms with Crippen molar-refractivity contribution in [1.82, 2.24) is 10.2 Å². The predicted octanol–water partition coefficient (Wildman–Crippen LogP) is 2.37. The number of hydrogen-bond donors (Lipinski definition) is 1. The van der Waals surface area contributed by atoms with Crippen molar-refractivity contribution in [1.29, 1.82) is 0 Å². The van der Waals surface area contributed by atoms with Crippen molar-refractivity contribution in [3.05, 3.63) is 66.0 Å². The summed E-state index contributed by atoms with van der Waals surface area (Å²) >= 11 is 0. The molecule has 2 amide bonds. The van der Waals surface area contributed by atoms with Gasteiger partial charge in [0.1, 0.15) is 11.6 Å². The van der Waals surface area contributed by atoms with Gasteiger partial charge in [-0.2, -0.15) is 0 Å². The summed E-state index contributed by atoms with van der Waals surface area (Å²) in [5.74, 6) is 0.264. The van der Waals surface area contributed by atoms with E-state index in [9.17, 15) is 14.0 Å². The molecule has 0 bridgehead atoms. The van der Waals surface area contributed by atoms with Crippen LogP contribution in [0, 0.1) is 11.7 Å². The number of hydrogen-bond acceptors (Lipinski definition) is 3. The minimum absolute atomic E-state index is 0.0501. The van der Waals surface area contributed by atoms with Gasteiger partial charge in [-0.3, -0.25) is 9.59 Å². The molecule has 0 aromatic heterocycles. The van der Waals surface area contributed by atoms with E-state index < -0.39 is 0 Å². The summed E-state index contributed by atoms with van der Waals surface area (Å²) in [6.45, 7) is 1.42. The molecule has 5 nitrogen and oxygen atoms in total. The molecule has 1 atom stereocenters. The molecule has 1 saturated heterocycles. The van der Waals surface area contributed by atoms with Crippen molar-refractivity contribution >= 4 is 11.8 Å². The number of carbonyl (C=O) groups excluding carboxylic acids is 2. The van der Waals surface area contributed by atoms with Gasteiger partial charge in [0.15, 0.2) is 6.61 Å². The van der Waals surface area contributed by atoms with Crippen LogP contribution in [-0.2, 0) is 16.1 Å². The van der Waals surface area contributed by atoms with Crippen molar-refractivity contribution in [3.8, 4) is 5.75 Å². The summed E-state index contributed by atoms with van der Waals surface area (Å²) in [6.07, 6.45) is 0.404. The van der Waals surface area contributed by atoms with Crippen LogP contribution in [0.2, 0.25) is 0 Å². The Labute approximate surface area is 151 Å². The van der Waals surface area contributed by atoms with E-state index in [0.717, 1.165) is 5.56 Å². The number of nitrogens with zero attached hydrogens (tertiary/aromatic N) is 1. The molecule has 0 spiro atoms. The molecule has 0 saturated carbocycles. The van der Waals surface area contributed by atoms with Crippen LogP contribution in [0.3, 0.4) is 0 Å². The van der Waals surface area contributed by atoms with Crippen molar-refractivity contribution in [2.45, 2.75) is 13.0 Å². The minimum Gasteiger partial charge on any atom is -0.484 e. The highest BCUT2D eigenvalue weighted by molar-refractivity contribution is 5.79. The SMILES string of the molecule is O=C(COc1ccccc1)NC[C@H]1CC(=O)N(Cc2ccc(F)cc2)C1. The number of para-hydroxylation sites is 1. The first kappa shape index (κ1) is 17.9. The Kier molecular flexibility index (Phi) is 5.84. The van der Waals surface area contributed by atoms with E-state index in [1.807, 2.05) is 18.2 Å². The Morgan fingerprint density at radius 3 is 2.62 bits per heavy atom. The topological polar surface area (TPSA) is 58.6 Å². The Morgan fingerprint density at radius 2 is 1.88 bits per heavy atom. The largest absolute Gasteiger partial charge is 0.484 e. The van der Waals surface area contributed by atoms with E-state index in [-0.39, 0.29) is 30.2 Å². The highest BCUT2D eigenvalue weighted by Gasteiger charge is 2.29. The molecule has 0 aliphatic carbocycles. The van der Waals surface area contributed by atoms with Gasteiger partial charge in [0.05, 0.1) is 0 Å². The van der Waals surface area contributed by atoms with Gasteiger partial charge < -0.3 is 15.0 Å². The second kappa shape index (κ2) is 8.47. The first-order valence-electron chi connectivity index (χ1n) is 8.57. The smallest absolute Gasteiger partial charge is 0.257 e. The number of rotatable bonds is 7. The van der Waals surface area contributed by atoms with Gasteiger partial charge in [0.25, 0.3) is 5.91 Å². The molecule has 1 fully saturated rings. The predicted molar refractivity (Wildman–Crippen MR) is 94.9 cm³/mol. The van der Waals surface area contributed by atoms with Crippen LogP contribution in [0.15, 0.2) is 54.6 Å². The van der Waals surface area contributed by atoms with Gasteiger partial charge in [-0.1, -0.05) is 30.3 Å². The maximum Gasteiger partial charge on any atom is 0.257 e. The van der Waals surface area contributed by atoms with Gasteiger partial charge in [-0.25, -0.2) is 4.39 Å². The van der Waals surface area contributed by atoms with Crippen LogP contribution in [0.4, 0.5) is 4.39 Å². The van der Waals surface area contributed by atoms with Gasteiger partial charge in [0.2, 0.25) is 5.91 Å². The fraction of sp³-hybridized carbons (Fsp3) is 0.300. The lowest BCUT2D eigenvalue weighted by Gasteiger charge is -2.17. The van der Waals surface area contributed by atoms with Crippen LogP contribution < -0.4 is 10.1 Å². The van der Waals surface area contributed by atoms with E-state index in [2.05, 4.69) is 5.32 Å². The second-order valence-electron chi connectivity index (χ2n) is 6.38. The molecule has 0 unspecified atom stereocenters. The highest BCUT2D eigenvalue weighted by atomic mass is 19.1. The maximum atomic E-state index is 13.0. The summed E-state index contributed by atoms with van der Waals surface area (Å²) in [5, 5.41) is 2.81. The average molecular weight is 356 g/mol. The maximum absolute atomic E-state index is 13.0. The van der Waals surface area contributed by atoms with Gasteiger partial charge >= 0.3 is 0 Å². The monoisotopic (exact) mass is 356 g/mol. The first-order chi connectivity index (χ1) is 12.6. The fourth-order valence-corrected chi connectivity index (χ4v) is 2.93. The van der Waals surface area contributed by atoms with Crippen LogP contribution in [-0.4, -0.2) is 36.4 Å². The van der Waals surface area contributed by atoms with Crippen molar-refractivity contribution in [2.24, 2.45) is 5.92 Å². The van der Waals surface area contributed by atoms with Crippen molar-refractivity contribution in [2.75, 3.05) is 19.7 Å². The fourth-order valence-electron chi connectivity index (χ4n) is 2.93. The van der Waals surface area contributed by atoms with Crippen LogP contribution in [0.5, 0.6) is 5.75 Å². The third kappa shape index (κ3) is 5.05. The van der Waals surface area contributed by atoms with E-state index in [1.54, 1.807) is 29.2 Å². The lowest BCUT2D eigenvalue weighted by molar-refractivity contribution is -0.128. The molecule has 2 aromatic carbocycles. The van der Waals surface area contributed by atoms with Crippen LogP contribution in [0.25, 0.3) is 0 Å². The zero-order chi connectivity index (χ0) is 18.4. The van der Waals surface area contributed by atoms with E-state index in [1.165, 1.54) is 12.1 Å². The second-order valence-corrected chi connectivity index (χ2v) is 6.38. The summed E-state index contributed by atoms with van der Waals surface area (Å²) in [6, 6.07) is 15.3. The Morgan fingerprint density at radius 1 is 1.15 bits per heavy atom. The number of halogens is 1. The average Bonchev–Trinajstić information content (AvgIpc) is 3.00. The molecule has 1 N–H and O–H groups in total. The van der Waals surface area contributed by atoms with Crippen molar-refractivity contribution < 1.29 is 18.7 Å². The number of ether oxygens (including phenoxy) is 1. The van der Waals surface area contributed by atoms with Crippen LogP contribution >= 0.6 is 0 Å². The Bertz CT molecular complexity index is 749. The zero-order valence-corrected chi connectivity index (χ0v) is 14.4. The molecular weight excluding hydrogens is 335 g/mol. The number of likely N-dealkylation sites (tertiary alicyclic amines) is 1. The lowest BCUT2D eigenvalue weighted by atomic mass is 10.1. The number of amides is 2. The Hall–Kier alpha value is -2.89. The molecule has 3 rings (SSSR count). The quantitative estimate of drug-likeness (QED) is 0.829. The molecule has 26 heavy (non-hydrogen) atoms. The van der Waals surface area contributed by atoms with Crippen LogP contribution in [0.1, 0.15) is 12.0 Å². The third-order valence-electron chi connectivity index (χ3n) is 4.28. The molecule has 6 heteroatoms. The number of benzene rings is 2. The number of carbonyl (C=O) groups is 2. The van der Waals surface area contributed by atoms with Gasteiger partial charge in [-0.05, 0) is 29.8 Å². The Balaban J connectivity index is 1.41. The van der Waals surface area contributed by atoms with E-state index >= 15 is 0 Å². The van der Waals surface area contributed by atoms with Gasteiger partial charge in [0, 0.05) is 32.0 Å². The van der Waals surface area contributed by atoms with Crippen molar-refractivity contribution in [3.63, 3.8) is 0 Å². The van der Waals surface area contributed by atoms with Gasteiger partial charge in [-0.15, -0.1) is 0 Å². The molecule has 1 aliphatic rings.